The van der Waals surface area contributed by atoms with Gasteiger partial charge in [0.05, 0.1) is 0 Å². The van der Waals surface area contributed by atoms with Crippen molar-refractivity contribution >= 4 is 29.1 Å². The lowest BCUT2D eigenvalue weighted by atomic mass is 10.2. The molecule has 1 atom stereocenters. The highest BCUT2D eigenvalue weighted by Crippen LogP contribution is 2.08. The van der Waals surface area contributed by atoms with Crippen molar-refractivity contribution in [2.24, 2.45) is 0 Å². The maximum atomic E-state index is 5.32. The van der Waals surface area contributed by atoms with Crippen LogP contribution < -0.4 is 5.32 Å². The highest BCUT2D eigenvalue weighted by atomic mass is 32.2. The maximum absolute atomic E-state index is 5.32. The number of rotatable bonds is 5. The predicted molar refractivity (Wildman–Crippen MR) is 71.1 cm³/mol. The van der Waals surface area contributed by atoms with Crippen molar-refractivity contribution in [2.45, 2.75) is 39.3 Å². The molecular weight excluding hydrogens is 212 g/mol. The SMILES string of the molecule is CCC(CSC)N(C)C(=S)NC(C)C. The molecule has 0 saturated carbocycles. The minimum atomic E-state index is 0.414. The average molecular weight is 234 g/mol. The van der Waals surface area contributed by atoms with Crippen molar-refractivity contribution in [1.29, 1.82) is 0 Å². The molecule has 0 saturated heterocycles. The summed E-state index contributed by atoms with van der Waals surface area (Å²) >= 11 is 7.19. The lowest BCUT2D eigenvalue weighted by Gasteiger charge is -2.30. The van der Waals surface area contributed by atoms with Crippen LogP contribution >= 0.6 is 24.0 Å². The van der Waals surface area contributed by atoms with Crippen LogP contribution in [0.4, 0.5) is 0 Å². The lowest BCUT2D eigenvalue weighted by molar-refractivity contribution is 0.377. The van der Waals surface area contributed by atoms with E-state index in [1.165, 1.54) is 0 Å². The Hall–Kier alpha value is 0.0400. The van der Waals surface area contributed by atoms with Gasteiger partial charge in [-0.15, -0.1) is 0 Å². The Morgan fingerprint density at radius 1 is 1.50 bits per heavy atom. The van der Waals surface area contributed by atoms with Gasteiger partial charge in [0.25, 0.3) is 0 Å². The fraction of sp³-hybridized carbons (Fsp3) is 0.900. The number of hydrogen-bond donors (Lipinski definition) is 1. The van der Waals surface area contributed by atoms with E-state index in [0.29, 0.717) is 12.1 Å². The summed E-state index contributed by atoms with van der Waals surface area (Å²) in [6.45, 7) is 6.42. The summed E-state index contributed by atoms with van der Waals surface area (Å²) < 4.78 is 0. The zero-order chi connectivity index (χ0) is 11.1. The van der Waals surface area contributed by atoms with Gasteiger partial charge in [-0.1, -0.05) is 6.92 Å². The Bertz CT molecular complexity index is 172. The van der Waals surface area contributed by atoms with Crippen molar-refractivity contribution in [3.05, 3.63) is 0 Å². The molecule has 0 spiro atoms. The van der Waals surface area contributed by atoms with Gasteiger partial charge in [-0.05, 0) is 38.7 Å². The first-order chi connectivity index (χ1) is 6.52. The van der Waals surface area contributed by atoms with Crippen molar-refractivity contribution in [3.8, 4) is 0 Å². The summed E-state index contributed by atoms with van der Waals surface area (Å²) in [6, 6.07) is 0.959. The average Bonchev–Trinajstić information content (AvgIpc) is 2.12. The Morgan fingerprint density at radius 2 is 2.07 bits per heavy atom. The molecule has 84 valence electrons. The van der Waals surface area contributed by atoms with E-state index in [-0.39, 0.29) is 0 Å². The van der Waals surface area contributed by atoms with E-state index >= 15 is 0 Å². The topological polar surface area (TPSA) is 15.3 Å². The largest absolute Gasteiger partial charge is 0.360 e. The summed E-state index contributed by atoms with van der Waals surface area (Å²) in [5.41, 5.74) is 0. The van der Waals surface area contributed by atoms with Gasteiger partial charge in [-0.2, -0.15) is 11.8 Å². The molecule has 0 aliphatic carbocycles. The molecule has 0 aliphatic heterocycles. The van der Waals surface area contributed by atoms with Crippen LogP contribution in [0, 0.1) is 0 Å². The van der Waals surface area contributed by atoms with E-state index < -0.39 is 0 Å². The summed E-state index contributed by atoms with van der Waals surface area (Å²) in [7, 11) is 2.07. The number of thiocarbonyl (C=S) groups is 1. The third kappa shape index (κ3) is 5.05. The van der Waals surface area contributed by atoms with E-state index in [1.54, 1.807) is 0 Å². The molecule has 0 aliphatic rings. The van der Waals surface area contributed by atoms with E-state index in [2.05, 4.69) is 44.3 Å². The molecule has 0 radical (unpaired) electrons. The fourth-order valence-corrected chi connectivity index (χ4v) is 2.44. The Morgan fingerprint density at radius 3 is 2.43 bits per heavy atom. The Labute approximate surface area is 97.8 Å². The van der Waals surface area contributed by atoms with Crippen LogP contribution in [0.5, 0.6) is 0 Å². The lowest BCUT2D eigenvalue weighted by Crippen LogP contribution is -2.46. The quantitative estimate of drug-likeness (QED) is 0.734. The maximum Gasteiger partial charge on any atom is 0.169 e. The summed E-state index contributed by atoms with van der Waals surface area (Å²) in [4.78, 5) is 2.17. The number of thioether (sulfide) groups is 1. The van der Waals surface area contributed by atoms with Crippen molar-refractivity contribution in [2.75, 3.05) is 19.1 Å². The van der Waals surface area contributed by atoms with Crippen LogP contribution in [-0.4, -0.2) is 41.2 Å². The van der Waals surface area contributed by atoms with Crippen LogP contribution in [0.3, 0.4) is 0 Å². The minimum absolute atomic E-state index is 0.414. The van der Waals surface area contributed by atoms with E-state index in [0.717, 1.165) is 17.3 Å². The van der Waals surface area contributed by atoms with Gasteiger partial charge in [-0.3, -0.25) is 0 Å². The van der Waals surface area contributed by atoms with Crippen LogP contribution in [0.2, 0.25) is 0 Å². The summed E-state index contributed by atoms with van der Waals surface area (Å²) in [5.74, 6) is 1.13. The van der Waals surface area contributed by atoms with Gasteiger partial charge >= 0.3 is 0 Å². The molecule has 4 heteroatoms. The first kappa shape index (κ1) is 14.0. The molecule has 0 aromatic carbocycles. The molecule has 14 heavy (non-hydrogen) atoms. The van der Waals surface area contributed by atoms with E-state index in [1.807, 2.05) is 11.8 Å². The molecule has 0 heterocycles. The molecule has 1 unspecified atom stereocenters. The third-order valence-corrected chi connectivity index (χ3v) is 3.23. The fourth-order valence-electron chi connectivity index (χ4n) is 1.21. The minimum Gasteiger partial charge on any atom is -0.360 e. The molecule has 1 N–H and O–H groups in total. The molecule has 0 bridgehead atoms. The molecule has 0 amide bonds. The number of nitrogens with one attached hydrogen (secondary N) is 1. The van der Waals surface area contributed by atoms with Crippen LogP contribution in [0.15, 0.2) is 0 Å². The molecular formula is C10H22N2S2. The van der Waals surface area contributed by atoms with Gasteiger partial charge in [0.2, 0.25) is 0 Å². The second-order valence-electron chi connectivity index (χ2n) is 3.73. The zero-order valence-electron chi connectivity index (χ0n) is 9.83. The van der Waals surface area contributed by atoms with Gasteiger partial charge in [0, 0.05) is 24.9 Å². The number of hydrogen-bond acceptors (Lipinski definition) is 2. The third-order valence-electron chi connectivity index (χ3n) is 2.11. The van der Waals surface area contributed by atoms with Gasteiger partial charge in [-0.25, -0.2) is 0 Å². The smallest absolute Gasteiger partial charge is 0.169 e. The van der Waals surface area contributed by atoms with Gasteiger partial charge in [0.15, 0.2) is 5.11 Å². The molecule has 0 aromatic rings. The second-order valence-corrected chi connectivity index (χ2v) is 5.03. The zero-order valence-corrected chi connectivity index (χ0v) is 11.5. The van der Waals surface area contributed by atoms with Crippen molar-refractivity contribution < 1.29 is 0 Å². The normalized spacial score (nSPS) is 12.7. The van der Waals surface area contributed by atoms with Gasteiger partial charge < -0.3 is 10.2 Å². The highest BCUT2D eigenvalue weighted by Gasteiger charge is 2.14. The van der Waals surface area contributed by atoms with Crippen molar-refractivity contribution in [1.82, 2.24) is 10.2 Å². The first-order valence-electron chi connectivity index (χ1n) is 5.05. The summed E-state index contributed by atoms with van der Waals surface area (Å²) in [5, 5.41) is 4.13. The van der Waals surface area contributed by atoms with Crippen LogP contribution in [0.25, 0.3) is 0 Å². The first-order valence-corrected chi connectivity index (χ1v) is 6.85. The molecule has 0 fully saturated rings. The number of nitrogens with zero attached hydrogens (tertiary/aromatic N) is 1. The Kier molecular flexibility index (Phi) is 7.37. The van der Waals surface area contributed by atoms with Gasteiger partial charge in [0.1, 0.15) is 0 Å². The second kappa shape index (κ2) is 7.35. The molecule has 2 nitrogen and oxygen atoms in total. The molecule has 0 rings (SSSR count). The summed E-state index contributed by atoms with van der Waals surface area (Å²) in [6.07, 6.45) is 3.27. The molecule has 0 aromatic heterocycles. The standard InChI is InChI=1S/C10H22N2S2/c1-6-9(7-14-5)12(4)10(13)11-8(2)3/h8-9H,6-7H2,1-5H3,(H,11,13). The van der Waals surface area contributed by atoms with Crippen LogP contribution in [-0.2, 0) is 0 Å². The van der Waals surface area contributed by atoms with Crippen molar-refractivity contribution in [3.63, 3.8) is 0 Å². The highest BCUT2D eigenvalue weighted by molar-refractivity contribution is 7.98. The van der Waals surface area contributed by atoms with Crippen LogP contribution in [0.1, 0.15) is 27.2 Å². The van der Waals surface area contributed by atoms with E-state index in [9.17, 15) is 0 Å². The Balaban J connectivity index is 4.12. The van der Waals surface area contributed by atoms with E-state index in [4.69, 9.17) is 12.2 Å². The predicted octanol–water partition coefficient (Wildman–Crippen LogP) is 2.34. The monoisotopic (exact) mass is 234 g/mol.